The summed E-state index contributed by atoms with van der Waals surface area (Å²) in [7, 11) is -1.91. The van der Waals surface area contributed by atoms with E-state index in [0.717, 1.165) is 22.4 Å². The maximum Gasteiger partial charge on any atom is 0.206 e. The highest BCUT2D eigenvalue weighted by molar-refractivity contribution is 7.91. The SMILES string of the molecule is C.COc1ccc(-c2ccc(Oc3ccc(S(=O)(=O)c4ccc(C)cc4)cc3)cc2)cc1. The number of aryl methyl sites for hydroxylation is 1. The van der Waals surface area contributed by atoms with Gasteiger partial charge in [0.1, 0.15) is 17.2 Å². The molecule has 4 nitrogen and oxygen atoms in total. The van der Waals surface area contributed by atoms with Crippen molar-refractivity contribution in [3.05, 3.63) is 103 Å². The Bertz CT molecular complexity index is 1260. The Morgan fingerprint density at radius 2 is 0.938 bits per heavy atom. The molecule has 0 aromatic heterocycles. The summed E-state index contributed by atoms with van der Waals surface area (Å²) in [6.45, 7) is 1.92. The maximum atomic E-state index is 12.8. The maximum absolute atomic E-state index is 12.8. The molecule has 0 unspecified atom stereocenters. The van der Waals surface area contributed by atoms with Gasteiger partial charge in [0.15, 0.2) is 0 Å². The van der Waals surface area contributed by atoms with E-state index < -0.39 is 9.84 Å². The smallest absolute Gasteiger partial charge is 0.206 e. The first-order valence-electron chi connectivity index (χ1n) is 9.80. The van der Waals surface area contributed by atoms with Gasteiger partial charge in [0.05, 0.1) is 16.9 Å². The van der Waals surface area contributed by atoms with Crippen LogP contribution in [0.4, 0.5) is 0 Å². The summed E-state index contributed by atoms with van der Waals surface area (Å²) in [5, 5.41) is 0. The summed E-state index contributed by atoms with van der Waals surface area (Å²) < 4.78 is 36.6. The van der Waals surface area contributed by atoms with Crippen molar-refractivity contribution in [3.8, 4) is 28.4 Å². The van der Waals surface area contributed by atoms with Crippen LogP contribution in [0.15, 0.2) is 107 Å². The molecule has 32 heavy (non-hydrogen) atoms. The lowest BCUT2D eigenvalue weighted by Crippen LogP contribution is -2.01. The number of ether oxygens (including phenoxy) is 2. The van der Waals surface area contributed by atoms with Gasteiger partial charge in [-0.2, -0.15) is 0 Å². The second-order valence-corrected chi connectivity index (χ2v) is 9.09. The van der Waals surface area contributed by atoms with Crippen molar-refractivity contribution in [2.75, 3.05) is 7.11 Å². The van der Waals surface area contributed by atoms with Crippen LogP contribution in [0.3, 0.4) is 0 Å². The van der Waals surface area contributed by atoms with Crippen molar-refractivity contribution in [2.24, 2.45) is 0 Å². The topological polar surface area (TPSA) is 52.6 Å². The van der Waals surface area contributed by atoms with Gasteiger partial charge in [-0.3, -0.25) is 0 Å². The zero-order valence-electron chi connectivity index (χ0n) is 17.3. The molecule has 0 radical (unpaired) electrons. The van der Waals surface area contributed by atoms with Crippen molar-refractivity contribution >= 4 is 9.84 Å². The van der Waals surface area contributed by atoms with Gasteiger partial charge < -0.3 is 9.47 Å². The molecule has 4 aromatic carbocycles. The first-order chi connectivity index (χ1) is 15.0. The fourth-order valence-corrected chi connectivity index (χ4v) is 4.44. The van der Waals surface area contributed by atoms with Gasteiger partial charge in [0, 0.05) is 0 Å². The van der Waals surface area contributed by atoms with E-state index >= 15 is 0 Å². The first kappa shape index (κ1) is 23.1. The Morgan fingerprint density at radius 3 is 1.38 bits per heavy atom. The van der Waals surface area contributed by atoms with Crippen molar-refractivity contribution in [3.63, 3.8) is 0 Å². The third kappa shape index (κ3) is 5.01. The highest BCUT2D eigenvalue weighted by Crippen LogP contribution is 2.29. The van der Waals surface area contributed by atoms with E-state index in [1.54, 1.807) is 55.6 Å². The lowest BCUT2D eigenvalue weighted by atomic mass is 10.1. The highest BCUT2D eigenvalue weighted by Gasteiger charge is 2.17. The lowest BCUT2D eigenvalue weighted by molar-refractivity contribution is 0.415. The normalized spacial score (nSPS) is 10.8. The second kappa shape index (κ2) is 9.71. The summed E-state index contributed by atoms with van der Waals surface area (Å²) >= 11 is 0. The van der Waals surface area contributed by atoms with E-state index in [9.17, 15) is 8.42 Å². The number of benzene rings is 4. The minimum Gasteiger partial charge on any atom is -0.497 e. The van der Waals surface area contributed by atoms with Crippen LogP contribution in [0.2, 0.25) is 0 Å². The van der Waals surface area contributed by atoms with Crippen molar-refractivity contribution in [2.45, 2.75) is 24.1 Å². The zero-order valence-corrected chi connectivity index (χ0v) is 18.1. The Balaban J connectivity index is 0.00000289. The number of hydrogen-bond donors (Lipinski definition) is 0. The van der Waals surface area contributed by atoms with Gasteiger partial charge in [0.2, 0.25) is 9.84 Å². The third-order valence-corrected chi connectivity index (χ3v) is 6.76. The van der Waals surface area contributed by atoms with Crippen LogP contribution in [0.25, 0.3) is 11.1 Å². The molecular weight excluding hydrogens is 420 g/mol. The summed E-state index contributed by atoms with van der Waals surface area (Å²) in [5.74, 6) is 2.06. The van der Waals surface area contributed by atoms with Gasteiger partial charge in [-0.25, -0.2) is 8.42 Å². The molecule has 164 valence electrons. The molecule has 0 aliphatic carbocycles. The Kier molecular flexibility index (Phi) is 7.01. The van der Waals surface area contributed by atoms with Crippen LogP contribution in [0, 0.1) is 6.92 Å². The average molecular weight is 447 g/mol. The van der Waals surface area contributed by atoms with E-state index in [-0.39, 0.29) is 17.2 Å². The summed E-state index contributed by atoms with van der Waals surface area (Å²) in [4.78, 5) is 0.513. The first-order valence-corrected chi connectivity index (χ1v) is 11.3. The lowest BCUT2D eigenvalue weighted by Gasteiger charge is -2.09. The fraction of sp³-hybridized carbons (Fsp3) is 0.111. The summed E-state index contributed by atoms with van der Waals surface area (Å²) in [6, 6.07) is 28.9. The fourth-order valence-electron chi connectivity index (χ4n) is 3.18. The van der Waals surface area contributed by atoms with Crippen LogP contribution >= 0.6 is 0 Å². The third-order valence-electron chi connectivity index (χ3n) is 4.98. The van der Waals surface area contributed by atoms with E-state index in [1.165, 1.54) is 0 Å². The van der Waals surface area contributed by atoms with Gasteiger partial charge in [-0.05, 0) is 78.7 Å². The van der Waals surface area contributed by atoms with Gasteiger partial charge in [-0.1, -0.05) is 49.4 Å². The molecule has 4 aromatic rings. The molecule has 0 fully saturated rings. The average Bonchev–Trinajstić information content (AvgIpc) is 2.80. The van der Waals surface area contributed by atoms with Gasteiger partial charge >= 0.3 is 0 Å². The van der Waals surface area contributed by atoms with Crippen molar-refractivity contribution in [1.29, 1.82) is 0 Å². The van der Waals surface area contributed by atoms with Crippen molar-refractivity contribution in [1.82, 2.24) is 0 Å². The molecule has 0 saturated carbocycles. The molecule has 0 saturated heterocycles. The number of rotatable bonds is 6. The molecule has 0 N–H and O–H groups in total. The Labute approximate surface area is 190 Å². The van der Waals surface area contributed by atoms with Crippen LogP contribution in [0.5, 0.6) is 17.2 Å². The molecule has 0 aliphatic heterocycles. The molecule has 4 rings (SSSR count). The second-order valence-electron chi connectivity index (χ2n) is 7.14. The molecule has 0 amide bonds. The molecule has 0 spiro atoms. The Morgan fingerprint density at radius 1 is 0.562 bits per heavy atom. The van der Waals surface area contributed by atoms with Gasteiger partial charge in [0.25, 0.3) is 0 Å². The van der Waals surface area contributed by atoms with E-state index in [0.29, 0.717) is 11.5 Å². The number of methoxy groups -OCH3 is 1. The molecule has 0 heterocycles. The number of sulfone groups is 1. The molecule has 0 bridgehead atoms. The highest BCUT2D eigenvalue weighted by atomic mass is 32.2. The molecule has 0 aliphatic rings. The predicted molar refractivity (Wildman–Crippen MR) is 128 cm³/mol. The van der Waals surface area contributed by atoms with Crippen LogP contribution < -0.4 is 9.47 Å². The summed E-state index contributed by atoms with van der Waals surface area (Å²) in [5.41, 5.74) is 3.16. The van der Waals surface area contributed by atoms with Crippen LogP contribution in [-0.4, -0.2) is 15.5 Å². The standard InChI is InChI=1S/C26H22O4S.CH4/c1-19-3-15-25(16-4-19)31(27,28)26-17-13-24(14-18-26)30-23-11-7-21(8-12-23)20-5-9-22(29-2)10-6-20;/h3-18H,1-2H3;1H4. The van der Waals surface area contributed by atoms with Gasteiger partial charge in [-0.15, -0.1) is 0 Å². The molecule has 5 heteroatoms. The molecular formula is C27H26O4S. The number of hydrogen-bond acceptors (Lipinski definition) is 4. The van der Waals surface area contributed by atoms with Crippen LogP contribution in [-0.2, 0) is 9.84 Å². The molecule has 0 atom stereocenters. The quantitative estimate of drug-likeness (QED) is 0.322. The van der Waals surface area contributed by atoms with Crippen LogP contribution in [0.1, 0.15) is 13.0 Å². The minimum atomic E-state index is -3.55. The minimum absolute atomic E-state index is 0. The monoisotopic (exact) mass is 446 g/mol. The largest absolute Gasteiger partial charge is 0.497 e. The Hall–Kier alpha value is -3.57. The van der Waals surface area contributed by atoms with E-state index in [1.807, 2.05) is 55.5 Å². The van der Waals surface area contributed by atoms with E-state index in [4.69, 9.17) is 9.47 Å². The van der Waals surface area contributed by atoms with Crippen molar-refractivity contribution < 1.29 is 17.9 Å². The summed E-state index contributed by atoms with van der Waals surface area (Å²) in [6.07, 6.45) is 0. The zero-order chi connectivity index (χ0) is 21.8. The predicted octanol–water partition coefficient (Wildman–Crippen LogP) is 6.93. The van der Waals surface area contributed by atoms with E-state index in [2.05, 4.69) is 0 Å².